The summed E-state index contributed by atoms with van der Waals surface area (Å²) in [4.78, 5) is 25.1. The molecule has 0 bridgehead atoms. The van der Waals surface area contributed by atoms with Gasteiger partial charge in [-0.05, 0) is 43.2 Å². The van der Waals surface area contributed by atoms with Crippen molar-refractivity contribution in [1.29, 1.82) is 0 Å². The van der Waals surface area contributed by atoms with E-state index in [1.165, 1.54) is 13.2 Å². The Balaban J connectivity index is 1.79. The average molecular weight is 399 g/mol. The molecule has 2 aromatic rings. The summed E-state index contributed by atoms with van der Waals surface area (Å²) in [5, 5.41) is 5.07. The van der Waals surface area contributed by atoms with Crippen molar-refractivity contribution in [2.24, 2.45) is 5.41 Å². The van der Waals surface area contributed by atoms with Crippen molar-refractivity contribution in [3.63, 3.8) is 0 Å². The standard InChI is InChI=1S/C18H14ClF3N2O3/c1-27-13-5-2-9(19)8-12(13)24-17(26)18(6-7-18)16(25)23-11-4-3-10(20)14(21)15(11)22/h2-5,8H,6-7H2,1H3,(H,23,25)(H,24,26). The van der Waals surface area contributed by atoms with E-state index in [-0.39, 0.29) is 18.5 Å². The number of carbonyl (C=O) groups is 2. The summed E-state index contributed by atoms with van der Waals surface area (Å²) < 4.78 is 45.2. The van der Waals surface area contributed by atoms with Crippen molar-refractivity contribution in [2.75, 3.05) is 17.7 Å². The number of amides is 2. The summed E-state index contributed by atoms with van der Waals surface area (Å²) >= 11 is 5.91. The van der Waals surface area contributed by atoms with E-state index in [9.17, 15) is 22.8 Å². The van der Waals surface area contributed by atoms with Crippen molar-refractivity contribution in [3.8, 4) is 5.75 Å². The van der Waals surface area contributed by atoms with Crippen LogP contribution in [0.1, 0.15) is 12.8 Å². The second-order valence-electron chi connectivity index (χ2n) is 6.06. The van der Waals surface area contributed by atoms with Gasteiger partial charge in [0.2, 0.25) is 11.8 Å². The molecule has 1 aliphatic rings. The topological polar surface area (TPSA) is 67.4 Å². The molecule has 3 rings (SSSR count). The first-order chi connectivity index (χ1) is 12.8. The van der Waals surface area contributed by atoms with Crippen LogP contribution in [0, 0.1) is 22.9 Å². The van der Waals surface area contributed by atoms with E-state index in [0.717, 1.165) is 6.07 Å². The molecular formula is C18H14ClF3N2O3. The van der Waals surface area contributed by atoms with Gasteiger partial charge in [0.05, 0.1) is 18.5 Å². The number of hydrogen-bond donors (Lipinski definition) is 2. The number of anilines is 2. The molecule has 2 N–H and O–H groups in total. The van der Waals surface area contributed by atoms with Gasteiger partial charge in [0, 0.05) is 5.02 Å². The minimum Gasteiger partial charge on any atom is -0.495 e. The van der Waals surface area contributed by atoms with E-state index in [1.54, 1.807) is 12.1 Å². The predicted molar refractivity (Wildman–Crippen MR) is 93.2 cm³/mol. The van der Waals surface area contributed by atoms with Gasteiger partial charge in [0.1, 0.15) is 11.2 Å². The van der Waals surface area contributed by atoms with Crippen LogP contribution in [0.4, 0.5) is 24.5 Å². The Kier molecular flexibility index (Phi) is 5.01. The fourth-order valence-corrected chi connectivity index (χ4v) is 2.74. The maximum Gasteiger partial charge on any atom is 0.240 e. The van der Waals surface area contributed by atoms with Gasteiger partial charge in [-0.3, -0.25) is 9.59 Å². The third kappa shape index (κ3) is 3.57. The minimum atomic E-state index is -1.70. The number of halogens is 4. The number of benzene rings is 2. The number of carbonyl (C=O) groups excluding carboxylic acids is 2. The van der Waals surface area contributed by atoms with Crippen molar-refractivity contribution in [2.45, 2.75) is 12.8 Å². The highest BCUT2D eigenvalue weighted by atomic mass is 35.5. The highest BCUT2D eigenvalue weighted by molar-refractivity contribution is 6.31. The second kappa shape index (κ2) is 7.11. The maximum atomic E-state index is 13.8. The lowest BCUT2D eigenvalue weighted by Gasteiger charge is -2.17. The zero-order valence-corrected chi connectivity index (χ0v) is 14.8. The first-order valence-corrected chi connectivity index (χ1v) is 8.26. The van der Waals surface area contributed by atoms with Crippen LogP contribution in [0.2, 0.25) is 5.02 Å². The molecule has 2 aromatic carbocycles. The molecule has 0 unspecified atom stereocenters. The van der Waals surface area contributed by atoms with Crippen LogP contribution in [0.25, 0.3) is 0 Å². The highest BCUT2D eigenvalue weighted by Crippen LogP contribution is 2.48. The molecule has 27 heavy (non-hydrogen) atoms. The van der Waals surface area contributed by atoms with E-state index >= 15 is 0 Å². The lowest BCUT2D eigenvalue weighted by atomic mass is 10.0. The summed E-state index contributed by atoms with van der Waals surface area (Å²) in [6.45, 7) is 0. The molecule has 1 saturated carbocycles. The van der Waals surface area contributed by atoms with Crippen LogP contribution in [0.5, 0.6) is 5.75 Å². The smallest absolute Gasteiger partial charge is 0.240 e. The van der Waals surface area contributed by atoms with Crippen molar-refractivity contribution in [1.82, 2.24) is 0 Å². The third-order valence-electron chi connectivity index (χ3n) is 4.31. The first-order valence-electron chi connectivity index (χ1n) is 7.88. The van der Waals surface area contributed by atoms with E-state index < -0.39 is 40.4 Å². The quantitative estimate of drug-likeness (QED) is 0.588. The van der Waals surface area contributed by atoms with Crippen molar-refractivity contribution < 1.29 is 27.5 Å². The zero-order valence-electron chi connectivity index (χ0n) is 14.0. The molecule has 0 aliphatic heterocycles. The molecule has 1 aliphatic carbocycles. The molecule has 5 nitrogen and oxygen atoms in total. The van der Waals surface area contributed by atoms with Gasteiger partial charge in [-0.25, -0.2) is 13.2 Å². The SMILES string of the molecule is COc1ccc(Cl)cc1NC(=O)C1(C(=O)Nc2ccc(F)c(F)c2F)CC1. The van der Waals surface area contributed by atoms with Crippen LogP contribution >= 0.6 is 11.6 Å². The Hall–Kier alpha value is -2.74. The molecule has 0 radical (unpaired) electrons. The van der Waals surface area contributed by atoms with Crippen LogP contribution in [0.15, 0.2) is 30.3 Å². The summed E-state index contributed by atoms with van der Waals surface area (Å²) in [6.07, 6.45) is 0.442. The Morgan fingerprint density at radius 1 is 1.00 bits per heavy atom. The van der Waals surface area contributed by atoms with Crippen LogP contribution in [-0.2, 0) is 9.59 Å². The number of nitrogens with one attached hydrogen (secondary N) is 2. The molecule has 1 fully saturated rings. The van der Waals surface area contributed by atoms with Crippen LogP contribution in [0.3, 0.4) is 0 Å². The lowest BCUT2D eigenvalue weighted by Crippen LogP contribution is -2.36. The number of hydrogen-bond acceptors (Lipinski definition) is 3. The van der Waals surface area contributed by atoms with Crippen LogP contribution < -0.4 is 15.4 Å². The summed E-state index contributed by atoms with van der Waals surface area (Å²) in [5.74, 6) is -5.72. The fraction of sp³-hybridized carbons (Fsp3) is 0.222. The molecule has 0 spiro atoms. The highest BCUT2D eigenvalue weighted by Gasteiger charge is 2.56. The van der Waals surface area contributed by atoms with Gasteiger partial charge in [-0.15, -0.1) is 0 Å². The van der Waals surface area contributed by atoms with Gasteiger partial charge in [-0.1, -0.05) is 11.6 Å². The molecule has 9 heteroatoms. The number of methoxy groups -OCH3 is 1. The molecular weight excluding hydrogens is 385 g/mol. The van der Waals surface area contributed by atoms with E-state index in [1.807, 2.05) is 0 Å². The molecule has 0 heterocycles. The molecule has 0 saturated heterocycles. The summed E-state index contributed by atoms with van der Waals surface area (Å²) in [7, 11) is 1.41. The van der Waals surface area contributed by atoms with Gasteiger partial charge in [-0.2, -0.15) is 0 Å². The average Bonchev–Trinajstić information content (AvgIpc) is 3.44. The first kappa shape index (κ1) is 19.0. The van der Waals surface area contributed by atoms with E-state index in [4.69, 9.17) is 16.3 Å². The summed E-state index contributed by atoms with van der Waals surface area (Å²) in [5.41, 5.74) is -1.71. The Morgan fingerprint density at radius 3 is 2.22 bits per heavy atom. The Morgan fingerprint density at radius 2 is 1.63 bits per heavy atom. The monoisotopic (exact) mass is 398 g/mol. The van der Waals surface area contributed by atoms with Gasteiger partial charge in [0.25, 0.3) is 0 Å². The lowest BCUT2D eigenvalue weighted by molar-refractivity contribution is -0.131. The van der Waals surface area contributed by atoms with Crippen molar-refractivity contribution in [3.05, 3.63) is 52.8 Å². The van der Waals surface area contributed by atoms with Gasteiger partial charge >= 0.3 is 0 Å². The molecule has 0 atom stereocenters. The Labute approximate surface area is 157 Å². The van der Waals surface area contributed by atoms with Gasteiger partial charge < -0.3 is 15.4 Å². The van der Waals surface area contributed by atoms with Gasteiger partial charge in [0.15, 0.2) is 17.5 Å². The largest absolute Gasteiger partial charge is 0.495 e. The molecule has 142 valence electrons. The third-order valence-corrected chi connectivity index (χ3v) is 4.55. The second-order valence-corrected chi connectivity index (χ2v) is 6.49. The maximum absolute atomic E-state index is 13.8. The number of rotatable bonds is 5. The Bertz CT molecular complexity index is 932. The van der Waals surface area contributed by atoms with E-state index in [2.05, 4.69) is 10.6 Å². The summed E-state index contributed by atoms with van der Waals surface area (Å²) in [6, 6.07) is 6.15. The normalized spacial score (nSPS) is 14.4. The number of ether oxygens (including phenoxy) is 1. The van der Waals surface area contributed by atoms with E-state index in [0.29, 0.717) is 16.8 Å². The molecule has 2 amide bonds. The molecule has 0 aromatic heterocycles. The minimum absolute atomic E-state index is 0.221. The van der Waals surface area contributed by atoms with Crippen LogP contribution in [-0.4, -0.2) is 18.9 Å². The zero-order chi connectivity index (χ0) is 19.8. The fourth-order valence-electron chi connectivity index (χ4n) is 2.57. The predicted octanol–water partition coefficient (Wildman–Crippen LogP) is 4.12. The van der Waals surface area contributed by atoms with Crippen molar-refractivity contribution >= 4 is 34.8 Å².